The number of fused-ring (bicyclic) bond motifs is 1. The lowest BCUT2D eigenvalue weighted by Gasteiger charge is -2.12. The number of hydrogen-bond acceptors (Lipinski definition) is 3. The first-order chi connectivity index (χ1) is 15.1. The van der Waals surface area contributed by atoms with E-state index in [4.69, 9.17) is 4.98 Å². The molecule has 3 aromatic carbocycles. The van der Waals surface area contributed by atoms with Crippen LogP contribution in [0.4, 0.5) is 0 Å². The molecule has 0 saturated heterocycles. The second-order valence-electron chi connectivity index (χ2n) is 7.77. The maximum atomic E-state index is 12.0. The van der Waals surface area contributed by atoms with Gasteiger partial charge in [-0.1, -0.05) is 61.9 Å². The molecule has 0 amide bonds. The lowest BCUT2D eigenvalue weighted by atomic mass is 9.93. The number of aromatic carboxylic acids is 1. The van der Waals surface area contributed by atoms with Crippen LogP contribution in [0.15, 0.2) is 60.7 Å². The summed E-state index contributed by atoms with van der Waals surface area (Å²) in [5, 5.41) is 19.7. The molecule has 1 heterocycles. The van der Waals surface area contributed by atoms with E-state index in [0.717, 1.165) is 58.4 Å². The van der Waals surface area contributed by atoms with Crippen LogP contribution in [-0.2, 0) is 19.4 Å². The average Bonchev–Trinajstić information content (AvgIpc) is 3.22. The monoisotopic (exact) mass is 414 g/mol. The quantitative estimate of drug-likeness (QED) is 0.363. The smallest absolute Gasteiger partial charge is 0.336 e. The van der Waals surface area contributed by atoms with E-state index in [1.807, 2.05) is 54.6 Å². The highest BCUT2D eigenvalue weighted by Crippen LogP contribution is 2.28. The topological polar surface area (TPSA) is 86.2 Å². The van der Waals surface area contributed by atoms with Gasteiger partial charge in [-0.3, -0.25) is 0 Å². The third-order valence-electron chi connectivity index (χ3n) is 5.62. The number of benzene rings is 3. The number of imidazole rings is 1. The van der Waals surface area contributed by atoms with Crippen LogP contribution in [0.3, 0.4) is 0 Å². The highest BCUT2D eigenvalue weighted by Gasteiger charge is 2.16. The molecule has 0 bridgehead atoms. The second kappa shape index (κ2) is 9.14. The van der Waals surface area contributed by atoms with Crippen molar-refractivity contribution in [3.8, 4) is 11.1 Å². The summed E-state index contributed by atoms with van der Waals surface area (Å²) >= 11 is 0. The zero-order valence-corrected chi connectivity index (χ0v) is 17.6. The van der Waals surface area contributed by atoms with Crippen LogP contribution in [0.25, 0.3) is 22.2 Å². The molecule has 5 nitrogen and oxygen atoms in total. The molecule has 0 fully saturated rings. The van der Waals surface area contributed by atoms with Gasteiger partial charge in [-0.05, 0) is 46.4 Å². The Morgan fingerprint density at radius 1 is 1.06 bits per heavy atom. The molecule has 0 saturated carbocycles. The average molecular weight is 415 g/mol. The van der Waals surface area contributed by atoms with Crippen LogP contribution < -0.4 is 0 Å². The second-order valence-corrected chi connectivity index (χ2v) is 7.77. The van der Waals surface area contributed by atoms with Crippen molar-refractivity contribution in [2.24, 2.45) is 0 Å². The minimum atomic E-state index is -0.956. The molecule has 0 radical (unpaired) electrons. The third-order valence-corrected chi connectivity index (χ3v) is 5.62. The Labute approximate surface area is 181 Å². The Bertz CT molecular complexity index is 1210. The number of nitrogens with one attached hydrogen (secondary N) is 1. The normalized spacial score (nSPS) is 11.2. The number of hydrogen-bond donors (Lipinski definition) is 3. The van der Waals surface area contributed by atoms with Crippen molar-refractivity contribution in [2.45, 2.75) is 39.2 Å². The summed E-state index contributed by atoms with van der Waals surface area (Å²) in [5.41, 5.74) is 6.24. The summed E-state index contributed by atoms with van der Waals surface area (Å²) in [5.74, 6) is -0.0123. The van der Waals surface area contributed by atoms with Crippen molar-refractivity contribution in [1.82, 2.24) is 9.97 Å². The van der Waals surface area contributed by atoms with Gasteiger partial charge in [0.05, 0.1) is 23.2 Å². The van der Waals surface area contributed by atoms with Gasteiger partial charge in [0.15, 0.2) is 0 Å². The van der Waals surface area contributed by atoms with Crippen molar-refractivity contribution in [3.63, 3.8) is 0 Å². The third kappa shape index (κ3) is 4.37. The van der Waals surface area contributed by atoms with Crippen LogP contribution in [-0.4, -0.2) is 26.2 Å². The van der Waals surface area contributed by atoms with E-state index in [2.05, 4.69) is 11.9 Å². The minimum Gasteiger partial charge on any atom is -0.478 e. The number of H-pyrrole nitrogens is 1. The standard InChI is InChI=1S/C26H26N2O3/c1-2-3-9-24-27-23-13-11-19(16-29)21(25(23)28-24)14-17-10-12-20(22(15-17)26(30)31)18-7-5-4-6-8-18/h4-8,10-13,15,29H,2-3,9,14,16H2,1H3,(H,27,28)(H,30,31). The van der Waals surface area contributed by atoms with Crippen LogP contribution in [0.2, 0.25) is 0 Å². The molecule has 4 aromatic rings. The summed E-state index contributed by atoms with van der Waals surface area (Å²) in [4.78, 5) is 20.2. The number of carboxylic acid groups (broad SMARTS) is 1. The largest absolute Gasteiger partial charge is 0.478 e. The number of aliphatic hydroxyl groups is 1. The first kappa shape index (κ1) is 20.8. The van der Waals surface area contributed by atoms with Gasteiger partial charge in [0.1, 0.15) is 5.82 Å². The van der Waals surface area contributed by atoms with E-state index in [0.29, 0.717) is 12.0 Å². The molecule has 31 heavy (non-hydrogen) atoms. The Balaban J connectivity index is 1.75. The van der Waals surface area contributed by atoms with Crippen molar-refractivity contribution < 1.29 is 15.0 Å². The molecule has 0 atom stereocenters. The fraction of sp³-hybridized carbons (Fsp3) is 0.231. The summed E-state index contributed by atoms with van der Waals surface area (Å²) in [6, 6.07) is 18.9. The molecule has 0 unspecified atom stereocenters. The number of carbonyl (C=O) groups is 1. The molecular weight excluding hydrogens is 388 g/mol. The van der Waals surface area contributed by atoms with Gasteiger partial charge in [-0.15, -0.1) is 0 Å². The van der Waals surface area contributed by atoms with E-state index in [9.17, 15) is 15.0 Å². The number of aliphatic hydroxyl groups excluding tert-OH is 1. The van der Waals surface area contributed by atoms with Gasteiger partial charge >= 0.3 is 5.97 Å². The zero-order valence-electron chi connectivity index (χ0n) is 17.6. The summed E-state index contributed by atoms with van der Waals surface area (Å²) < 4.78 is 0. The van der Waals surface area contributed by atoms with Crippen molar-refractivity contribution >= 4 is 17.0 Å². The van der Waals surface area contributed by atoms with Gasteiger partial charge in [-0.2, -0.15) is 0 Å². The van der Waals surface area contributed by atoms with E-state index >= 15 is 0 Å². The Morgan fingerprint density at radius 3 is 2.58 bits per heavy atom. The number of aryl methyl sites for hydroxylation is 1. The van der Waals surface area contributed by atoms with E-state index in [1.54, 1.807) is 6.07 Å². The SMILES string of the molecule is CCCCc1nc2c(Cc3ccc(-c4ccccc4)c(C(=O)O)c3)c(CO)ccc2[nH]1. The van der Waals surface area contributed by atoms with Gasteiger partial charge in [-0.25, -0.2) is 9.78 Å². The minimum absolute atomic E-state index is 0.0870. The number of aromatic amines is 1. The summed E-state index contributed by atoms with van der Waals surface area (Å²) in [6.45, 7) is 2.06. The molecule has 1 aromatic heterocycles. The summed E-state index contributed by atoms with van der Waals surface area (Å²) in [7, 11) is 0. The molecule has 0 spiro atoms. The van der Waals surface area contributed by atoms with Crippen LogP contribution in [0, 0.1) is 0 Å². The molecular formula is C26H26N2O3. The van der Waals surface area contributed by atoms with Gasteiger partial charge < -0.3 is 15.2 Å². The first-order valence-electron chi connectivity index (χ1n) is 10.6. The fourth-order valence-corrected chi connectivity index (χ4v) is 3.98. The lowest BCUT2D eigenvalue weighted by Crippen LogP contribution is -2.03. The number of aromatic nitrogens is 2. The number of nitrogens with zero attached hydrogens (tertiary/aromatic N) is 1. The maximum Gasteiger partial charge on any atom is 0.336 e. The lowest BCUT2D eigenvalue weighted by molar-refractivity contribution is 0.0697. The van der Waals surface area contributed by atoms with E-state index < -0.39 is 5.97 Å². The van der Waals surface area contributed by atoms with Crippen LogP contribution >= 0.6 is 0 Å². The van der Waals surface area contributed by atoms with Crippen molar-refractivity contribution in [2.75, 3.05) is 0 Å². The fourth-order valence-electron chi connectivity index (χ4n) is 3.98. The summed E-state index contributed by atoms with van der Waals surface area (Å²) in [6.07, 6.45) is 3.54. The molecule has 158 valence electrons. The van der Waals surface area contributed by atoms with Crippen LogP contribution in [0.1, 0.15) is 52.6 Å². The van der Waals surface area contributed by atoms with Crippen LogP contribution in [0.5, 0.6) is 0 Å². The number of rotatable bonds is 8. The molecule has 4 rings (SSSR count). The molecule has 5 heteroatoms. The Hall–Kier alpha value is -3.44. The van der Waals surface area contributed by atoms with Crippen molar-refractivity contribution in [3.05, 3.63) is 88.7 Å². The molecule has 3 N–H and O–H groups in total. The zero-order chi connectivity index (χ0) is 21.8. The number of unbranched alkanes of at least 4 members (excludes halogenated alkanes) is 1. The van der Waals surface area contributed by atoms with Gasteiger partial charge in [0.2, 0.25) is 0 Å². The molecule has 0 aliphatic rings. The Kier molecular flexibility index (Phi) is 6.14. The van der Waals surface area contributed by atoms with Gasteiger partial charge in [0.25, 0.3) is 0 Å². The van der Waals surface area contributed by atoms with E-state index in [-0.39, 0.29) is 12.2 Å². The molecule has 0 aliphatic heterocycles. The predicted molar refractivity (Wildman–Crippen MR) is 122 cm³/mol. The maximum absolute atomic E-state index is 12.0. The first-order valence-corrected chi connectivity index (χ1v) is 10.6. The van der Waals surface area contributed by atoms with Gasteiger partial charge in [0, 0.05) is 12.8 Å². The highest BCUT2D eigenvalue weighted by molar-refractivity contribution is 5.96. The number of carboxylic acids is 1. The van der Waals surface area contributed by atoms with E-state index in [1.165, 1.54) is 0 Å². The predicted octanol–water partition coefficient (Wildman–Crippen LogP) is 5.35. The Morgan fingerprint density at radius 2 is 1.87 bits per heavy atom. The van der Waals surface area contributed by atoms with Crippen molar-refractivity contribution in [1.29, 1.82) is 0 Å². The highest BCUT2D eigenvalue weighted by atomic mass is 16.4. The molecule has 0 aliphatic carbocycles.